The summed E-state index contributed by atoms with van der Waals surface area (Å²) in [6, 6.07) is 10.3. The molecule has 0 aliphatic rings. The lowest BCUT2D eigenvalue weighted by Crippen LogP contribution is -2.14. The van der Waals surface area contributed by atoms with Crippen molar-refractivity contribution in [2.24, 2.45) is 5.92 Å². The lowest BCUT2D eigenvalue weighted by molar-refractivity contribution is -0.144. The van der Waals surface area contributed by atoms with Crippen LogP contribution in [0.25, 0.3) is 0 Å². The number of aromatic nitrogens is 2. The molecule has 0 radical (unpaired) electrons. The predicted molar refractivity (Wildman–Crippen MR) is 107 cm³/mol. The van der Waals surface area contributed by atoms with E-state index in [0.29, 0.717) is 18.9 Å². The Labute approximate surface area is 161 Å². The number of rotatable bonds is 12. The minimum Gasteiger partial charge on any atom is -0.465 e. The molecule has 26 heavy (non-hydrogen) atoms. The molecule has 2 rings (SSSR count). The first-order chi connectivity index (χ1) is 12.7. The van der Waals surface area contributed by atoms with Crippen LogP contribution >= 0.6 is 11.8 Å². The van der Waals surface area contributed by atoms with Crippen molar-refractivity contribution in [3.8, 4) is 0 Å². The normalized spacial score (nSPS) is 12.1. The second-order valence-electron chi connectivity index (χ2n) is 6.56. The summed E-state index contributed by atoms with van der Waals surface area (Å²) in [5, 5.41) is 4.39. The van der Waals surface area contributed by atoms with E-state index in [1.54, 1.807) is 11.8 Å². The zero-order valence-corrected chi connectivity index (χ0v) is 16.7. The fourth-order valence-electron chi connectivity index (χ4n) is 2.71. The molecule has 1 aromatic heterocycles. The van der Waals surface area contributed by atoms with Crippen LogP contribution in [0.5, 0.6) is 0 Å². The summed E-state index contributed by atoms with van der Waals surface area (Å²) in [4.78, 5) is 13.0. The summed E-state index contributed by atoms with van der Waals surface area (Å²) in [6.45, 7) is 5.68. The zero-order chi connectivity index (χ0) is 18.6. The molecule has 142 valence electrons. The SMILES string of the molecule is CCCCC(CC)COC(=O)CCSc1cnn(Cc2ccccc2)c1. The van der Waals surface area contributed by atoms with Crippen molar-refractivity contribution in [3.63, 3.8) is 0 Å². The van der Waals surface area contributed by atoms with Gasteiger partial charge in [0.05, 0.1) is 25.8 Å². The maximum absolute atomic E-state index is 11.9. The Morgan fingerprint density at radius 2 is 2.08 bits per heavy atom. The van der Waals surface area contributed by atoms with Crippen LogP contribution in [0.4, 0.5) is 0 Å². The maximum Gasteiger partial charge on any atom is 0.306 e. The van der Waals surface area contributed by atoms with E-state index < -0.39 is 0 Å². The number of carbonyl (C=O) groups excluding carboxylic acids is 1. The third kappa shape index (κ3) is 7.65. The average molecular weight is 375 g/mol. The quantitative estimate of drug-likeness (QED) is 0.379. The highest BCUT2D eigenvalue weighted by molar-refractivity contribution is 7.99. The van der Waals surface area contributed by atoms with Crippen molar-refractivity contribution < 1.29 is 9.53 Å². The van der Waals surface area contributed by atoms with Gasteiger partial charge >= 0.3 is 5.97 Å². The molecule has 0 amide bonds. The van der Waals surface area contributed by atoms with Gasteiger partial charge in [0.15, 0.2) is 0 Å². The molecular weight excluding hydrogens is 344 g/mol. The number of unbranched alkanes of at least 4 members (excludes halogenated alkanes) is 1. The van der Waals surface area contributed by atoms with Crippen LogP contribution in [0, 0.1) is 5.92 Å². The van der Waals surface area contributed by atoms with E-state index >= 15 is 0 Å². The molecule has 2 aromatic rings. The number of nitrogens with zero attached hydrogens (tertiary/aromatic N) is 2. The van der Waals surface area contributed by atoms with Gasteiger partial charge in [-0.1, -0.05) is 63.4 Å². The van der Waals surface area contributed by atoms with Gasteiger partial charge in [-0.05, 0) is 17.9 Å². The van der Waals surface area contributed by atoms with Gasteiger partial charge in [0.2, 0.25) is 0 Å². The Hall–Kier alpha value is -1.75. The molecule has 4 nitrogen and oxygen atoms in total. The highest BCUT2D eigenvalue weighted by Gasteiger charge is 2.10. The minimum absolute atomic E-state index is 0.0934. The minimum atomic E-state index is -0.0934. The van der Waals surface area contributed by atoms with Crippen molar-refractivity contribution >= 4 is 17.7 Å². The lowest BCUT2D eigenvalue weighted by Gasteiger charge is -2.14. The summed E-state index contributed by atoms with van der Waals surface area (Å²) in [6.07, 6.45) is 8.95. The number of hydrogen-bond donors (Lipinski definition) is 0. The van der Waals surface area contributed by atoms with E-state index in [4.69, 9.17) is 4.74 Å². The van der Waals surface area contributed by atoms with Gasteiger partial charge in [0, 0.05) is 16.8 Å². The number of ether oxygens (including phenoxy) is 1. The van der Waals surface area contributed by atoms with Gasteiger partial charge in [0.25, 0.3) is 0 Å². The van der Waals surface area contributed by atoms with Crippen molar-refractivity contribution in [2.45, 2.75) is 57.4 Å². The Morgan fingerprint density at radius 3 is 2.81 bits per heavy atom. The van der Waals surface area contributed by atoms with Crippen molar-refractivity contribution in [1.82, 2.24) is 9.78 Å². The van der Waals surface area contributed by atoms with Crippen LogP contribution in [0.3, 0.4) is 0 Å². The molecule has 0 saturated heterocycles. The molecule has 1 heterocycles. The number of benzene rings is 1. The molecule has 0 aliphatic heterocycles. The monoisotopic (exact) mass is 374 g/mol. The molecule has 1 unspecified atom stereocenters. The topological polar surface area (TPSA) is 44.1 Å². The maximum atomic E-state index is 11.9. The van der Waals surface area contributed by atoms with Crippen molar-refractivity contribution in [3.05, 3.63) is 48.3 Å². The average Bonchev–Trinajstić information content (AvgIpc) is 3.10. The van der Waals surface area contributed by atoms with Crippen LogP contribution in [-0.2, 0) is 16.1 Å². The number of hydrogen-bond acceptors (Lipinski definition) is 4. The third-order valence-electron chi connectivity index (χ3n) is 4.40. The lowest BCUT2D eigenvalue weighted by atomic mass is 10.0. The summed E-state index contributed by atoms with van der Waals surface area (Å²) in [5.74, 6) is 1.13. The zero-order valence-electron chi connectivity index (χ0n) is 15.9. The van der Waals surface area contributed by atoms with E-state index in [-0.39, 0.29) is 5.97 Å². The molecule has 0 spiro atoms. The molecule has 0 bridgehead atoms. The number of carbonyl (C=O) groups is 1. The van der Waals surface area contributed by atoms with E-state index in [1.807, 2.05) is 35.3 Å². The molecule has 5 heteroatoms. The Morgan fingerprint density at radius 1 is 1.27 bits per heavy atom. The van der Waals surface area contributed by atoms with Crippen molar-refractivity contribution in [1.29, 1.82) is 0 Å². The number of esters is 1. The second kappa shape index (κ2) is 11.8. The summed E-state index contributed by atoms with van der Waals surface area (Å²) >= 11 is 1.65. The summed E-state index contributed by atoms with van der Waals surface area (Å²) < 4.78 is 7.37. The number of thioether (sulfide) groups is 1. The first kappa shape index (κ1) is 20.6. The first-order valence-corrected chi connectivity index (χ1v) is 10.5. The molecule has 1 atom stereocenters. The molecule has 0 aliphatic carbocycles. The Kier molecular flexibility index (Phi) is 9.32. The van der Waals surface area contributed by atoms with Crippen LogP contribution in [0.2, 0.25) is 0 Å². The fraction of sp³-hybridized carbons (Fsp3) is 0.524. The fourth-order valence-corrected chi connectivity index (χ4v) is 3.53. The van der Waals surface area contributed by atoms with Gasteiger partial charge in [0.1, 0.15) is 0 Å². The summed E-state index contributed by atoms with van der Waals surface area (Å²) in [7, 11) is 0. The Balaban J connectivity index is 1.65. The highest BCUT2D eigenvalue weighted by Crippen LogP contribution is 2.19. The van der Waals surface area contributed by atoms with E-state index in [0.717, 1.165) is 30.0 Å². The van der Waals surface area contributed by atoms with Crippen LogP contribution in [0.15, 0.2) is 47.6 Å². The van der Waals surface area contributed by atoms with Crippen LogP contribution in [-0.4, -0.2) is 28.1 Å². The van der Waals surface area contributed by atoms with Crippen molar-refractivity contribution in [2.75, 3.05) is 12.4 Å². The third-order valence-corrected chi connectivity index (χ3v) is 5.35. The van der Waals surface area contributed by atoms with Gasteiger partial charge in [-0.3, -0.25) is 9.48 Å². The molecule has 1 aromatic carbocycles. The van der Waals surface area contributed by atoms with E-state index in [1.165, 1.54) is 18.4 Å². The smallest absolute Gasteiger partial charge is 0.306 e. The predicted octanol–water partition coefficient (Wildman–Crippen LogP) is 5.17. The standard InChI is InChI=1S/C21H30N2O2S/c1-3-5-9-18(4-2)17-25-21(24)12-13-26-20-14-22-23(16-20)15-19-10-7-6-8-11-19/h6-8,10-11,14,16,18H,3-5,9,12-13,15,17H2,1-2H3. The van der Waals surface area contributed by atoms with Gasteiger partial charge in [-0.2, -0.15) is 5.10 Å². The molecule has 0 saturated carbocycles. The molecule has 0 N–H and O–H groups in total. The largest absolute Gasteiger partial charge is 0.465 e. The van der Waals surface area contributed by atoms with E-state index in [2.05, 4.69) is 31.1 Å². The van der Waals surface area contributed by atoms with E-state index in [9.17, 15) is 4.79 Å². The van der Waals surface area contributed by atoms with Crippen LogP contribution in [0.1, 0.15) is 51.5 Å². The second-order valence-corrected chi connectivity index (χ2v) is 7.73. The van der Waals surface area contributed by atoms with Crippen LogP contribution < -0.4 is 0 Å². The molecular formula is C21H30N2O2S. The summed E-state index contributed by atoms with van der Waals surface area (Å²) in [5.41, 5.74) is 1.23. The first-order valence-electron chi connectivity index (χ1n) is 9.56. The highest BCUT2D eigenvalue weighted by atomic mass is 32.2. The van der Waals surface area contributed by atoms with Gasteiger partial charge < -0.3 is 4.74 Å². The molecule has 0 fully saturated rings. The van der Waals surface area contributed by atoms with Gasteiger partial charge in [-0.15, -0.1) is 11.8 Å². The Bertz CT molecular complexity index is 642. The van der Waals surface area contributed by atoms with Gasteiger partial charge in [-0.25, -0.2) is 0 Å².